The molecule has 0 bridgehead atoms. The summed E-state index contributed by atoms with van der Waals surface area (Å²) >= 11 is 3.11. The maximum atomic E-state index is 14.7. The molecule has 3 heterocycles. The molecule has 206 valence electrons. The van der Waals surface area contributed by atoms with Crippen LogP contribution in [0.15, 0.2) is 18.2 Å². The fraction of sp³-hybridized carbons (Fsp3) is 0.500. The van der Waals surface area contributed by atoms with Crippen LogP contribution in [-0.4, -0.2) is 65.3 Å². The predicted molar refractivity (Wildman–Crippen MR) is 152 cm³/mol. The molecule has 9 nitrogen and oxygen atoms in total. The molecule has 2 aliphatic rings. The zero-order valence-corrected chi connectivity index (χ0v) is 24.9. The molecule has 1 aromatic heterocycles. The number of thiophene rings is 1. The lowest BCUT2D eigenvalue weighted by molar-refractivity contribution is -0.0948. The summed E-state index contributed by atoms with van der Waals surface area (Å²) < 4.78 is 20.7. The van der Waals surface area contributed by atoms with Crippen LogP contribution < -0.4 is 16.0 Å². The number of anilines is 2. The second-order valence-electron chi connectivity index (χ2n) is 11.6. The highest BCUT2D eigenvalue weighted by Crippen LogP contribution is 2.40. The Morgan fingerprint density at radius 3 is 2.61 bits per heavy atom. The van der Waals surface area contributed by atoms with Crippen molar-refractivity contribution in [2.75, 3.05) is 31.5 Å². The number of nitrogens with one attached hydrogen (secondary N) is 3. The van der Waals surface area contributed by atoms with Crippen LogP contribution in [0, 0.1) is 14.8 Å². The van der Waals surface area contributed by atoms with Gasteiger partial charge in [0.1, 0.15) is 22.0 Å². The third kappa shape index (κ3) is 6.40. The largest absolute Gasteiger partial charge is 0.444 e. The molecule has 4 N–H and O–H groups in total. The highest BCUT2D eigenvalue weighted by Gasteiger charge is 2.45. The number of carbonyl (C=O) groups is 3. The van der Waals surface area contributed by atoms with Gasteiger partial charge >= 0.3 is 6.09 Å². The lowest BCUT2D eigenvalue weighted by Crippen LogP contribution is -2.68. The zero-order chi connectivity index (χ0) is 28.0. The molecule has 0 saturated carbocycles. The standard InChI is InChI=1S/C26H32FIN4O5S/c1-24(2,3)37-23(35)32-12-26(36,13-32)11-30-20(33)18-15-9-25(4,5)10-29-21(34)19(15)38-22(18)31-17-7-6-14(28)8-16(17)27/h6-8,31,36H,9-13H2,1-5H3,(H,29,34)(H,30,33). The molecule has 1 fully saturated rings. The number of hydrogen-bond donors (Lipinski definition) is 4. The summed E-state index contributed by atoms with van der Waals surface area (Å²) in [4.78, 5) is 40.5. The van der Waals surface area contributed by atoms with Crippen molar-refractivity contribution in [1.29, 1.82) is 0 Å². The average Bonchev–Trinajstić information content (AvgIpc) is 3.06. The molecule has 0 atom stereocenters. The van der Waals surface area contributed by atoms with Crippen molar-refractivity contribution >= 4 is 62.5 Å². The number of benzene rings is 1. The van der Waals surface area contributed by atoms with E-state index in [1.807, 2.05) is 36.4 Å². The topological polar surface area (TPSA) is 120 Å². The number of ether oxygens (including phenoxy) is 1. The Kier molecular flexibility index (Phi) is 7.71. The lowest BCUT2D eigenvalue weighted by atomic mass is 9.85. The molecule has 0 aliphatic carbocycles. The van der Waals surface area contributed by atoms with Gasteiger partial charge in [-0.15, -0.1) is 11.3 Å². The van der Waals surface area contributed by atoms with Crippen molar-refractivity contribution in [1.82, 2.24) is 15.5 Å². The zero-order valence-electron chi connectivity index (χ0n) is 22.0. The number of amides is 3. The van der Waals surface area contributed by atoms with Crippen LogP contribution in [0.25, 0.3) is 0 Å². The second-order valence-corrected chi connectivity index (χ2v) is 13.9. The number of aliphatic hydroxyl groups is 1. The van der Waals surface area contributed by atoms with Gasteiger partial charge in [0.25, 0.3) is 11.8 Å². The summed E-state index contributed by atoms with van der Waals surface area (Å²) in [6.07, 6.45) is -0.0793. The molecule has 0 radical (unpaired) electrons. The van der Waals surface area contributed by atoms with E-state index in [0.29, 0.717) is 28.4 Å². The van der Waals surface area contributed by atoms with E-state index in [1.165, 1.54) is 11.0 Å². The van der Waals surface area contributed by atoms with Crippen molar-refractivity contribution in [2.24, 2.45) is 5.41 Å². The third-order valence-corrected chi connectivity index (χ3v) is 8.02. The first-order valence-electron chi connectivity index (χ1n) is 12.2. The molecular weight excluding hydrogens is 626 g/mol. The van der Waals surface area contributed by atoms with E-state index in [4.69, 9.17) is 4.74 Å². The molecular formula is C26H32FIN4O5S. The van der Waals surface area contributed by atoms with E-state index in [0.717, 1.165) is 14.9 Å². The summed E-state index contributed by atoms with van der Waals surface area (Å²) in [7, 11) is 0. The van der Waals surface area contributed by atoms with Gasteiger partial charge in [0.05, 0.1) is 35.8 Å². The van der Waals surface area contributed by atoms with Crippen LogP contribution in [0.3, 0.4) is 0 Å². The average molecular weight is 659 g/mol. The molecule has 4 rings (SSSR count). The van der Waals surface area contributed by atoms with Gasteiger partial charge in [-0.05, 0) is 79.0 Å². The highest BCUT2D eigenvalue weighted by molar-refractivity contribution is 14.1. The molecule has 3 amide bonds. The normalized spacial score (nSPS) is 18.0. The number of hydrogen-bond acceptors (Lipinski definition) is 7. The van der Waals surface area contributed by atoms with Gasteiger partial charge in [-0.3, -0.25) is 9.59 Å². The number of likely N-dealkylation sites (tertiary alicyclic amines) is 1. The molecule has 12 heteroatoms. The van der Waals surface area contributed by atoms with E-state index in [1.54, 1.807) is 32.9 Å². The first-order valence-corrected chi connectivity index (χ1v) is 14.1. The first kappa shape index (κ1) is 28.6. The molecule has 1 aromatic carbocycles. The fourth-order valence-electron chi connectivity index (χ4n) is 4.36. The molecule has 1 saturated heterocycles. The van der Waals surface area contributed by atoms with E-state index >= 15 is 0 Å². The fourth-order valence-corrected chi connectivity index (χ4v) is 5.96. The summed E-state index contributed by atoms with van der Waals surface area (Å²) in [6.45, 7) is 9.64. The van der Waals surface area contributed by atoms with Crippen LogP contribution in [0.5, 0.6) is 0 Å². The van der Waals surface area contributed by atoms with Gasteiger partial charge in [-0.25, -0.2) is 9.18 Å². The summed E-state index contributed by atoms with van der Waals surface area (Å²) in [6, 6.07) is 4.69. The Balaban J connectivity index is 1.57. The molecule has 0 spiro atoms. The van der Waals surface area contributed by atoms with Crippen molar-refractivity contribution in [3.8, 4) is 0 Å². The van der Waals surface area contributed by atoms with Crippen LogP contribution in [0.4, 0.5) is 19.9 Å². The SMILES string of the molecule is CC1(C)CNC(=O)c2sc(Nc3ccc(I)cc3F)c(C(=O)NCC3(O)CN(C(=O)OC(C)(C)C)C3)c2C1. The van der Waals surface area contributed by atoms with Gasteiger partial charge in [0.2, 0.25) is 0 Å². The van der Waals surface area contributed by atoms with E-state index < -0.39 is 29.0 Å². The Labute approximate surface area is 238 Å². The van der Waals surface area contributed by atoms with Gasteiger partial charge in [-0.2, -0.15) is 0 Å². The summed E-state index contributed by atoms with van der Waals surface area (Å²) in [5, 5.41) is 19.9. The molecule has 2 aliphatic heterocycles. The van der Waals surface area contributed by atoms with E-state index in [2.05, 4.69) is 16.0 Å². The molecule has 0 unspecified atom stereocenters. The predicted octanol–water partition coefficient (Wildman–Crippen LogP) is 4.26. The number of rotatable bonds is 5. The van der Waals surface area contributed by atoms with Crippen molar-refractivity contribution in [2.45, 2.75) is 52.2 Å². The summed E-state index contributed by atoms with van der Waals surface area (Å²) in [5.74, 6) is -1.26. The maximum absolute atomic E-state index is 14.7. The number of β-amino-alcohol motifs (C(OH)–C–C–N with tert-alkyl or cyclic N) is 1. The minimum Gasteiger partial charge on any atom is -0.444 e. The molecule has 38 heavy (non-hydrogen) atoms. The molecule has 2 aromatic rings. The van der Waals surface area contributed by atoms with Crippen LogP contribution in [0.1, 0.15) is 60.2 Å². The van der Waals surface area contributed by atoms with Crippen molar-refractivity contribution in [3.05, 3.63) is 43.6 Å². The van der Waals surface area contributed by atoms with Gasteiger partial charge < -0.3 is 30.7 Å². The third-order valence-electron chi connectivity index (χ3n) is 6.20. The Hall–Kier alpha value is -2.45. The Morgan fingerprint density at radius 2 is 1.97 bits per heavy atom. The quantitative estimate of drug-likeness (QED) is 0.357. The number of halogens is 2. The van der Waals surface area contributed by atoms with Gasteiger partial charge in [-0.1, -0.05) is 13.8 Å². The lowest BCUT2D eigenvalue weighted by Gasteiger charge is -2.46. The minimum absolute atomic E-state index is 0.0122. The van der Waals surface area contributed by atoms with Crippen molar-refractivity contribution < 1.29 is 28.6 Å². The summed E-state index contributed by atoms with van der Waals surface area (Å²) in [5.41, 5.74) is -1.28. The van der Waals surface area contributed by atoms with E-state index in [-0.39, 0.29) is 42.2 Å². The number of nitrogens with zero attached hydrogens (tertiary/aromatic N) is 1. The van der Waals surface area contributed by atoms with Crippen LogP contribution in [-0.2, 0) is 11.2 Å². The van der Waals surface area contributed by atoms with Crippen molar-refractivity contribution in [3.63, 3.8) is 0 Å². The number of carbonyl (C=O) groups excluding carboxylic acids is 3. The Morgan fingerprint density at radius 1 is 1.29 bits per heavy atom. The first-order chi connectivity index (χ1) is 17.6. The van der Waals surface area contributed by atoms with Gasteiger partial charge in [0, 0.05) is 10.1 Å². The Bertz CT molecular complexity index is 1280. The second kappa shape index (κ2) is 10.3. The van der Waals surface area contributed by atoms with Crippen LogP contribution in [0.2, 0.25) is 0 Å². The van der Waals surface area contributed by atoms with Gasteiger partial charge in [0.15, 0.2) is 0 Å². The monoisotopic (exact) mass is 658 g/mol. The highest BCUT2D eigenvalue weighted by atomic mass is 127. The maximum Gasteiger partial charge on any atom is 0.410 e. The number of fused-ring (bicyclic) bond motifs is 1. The minimum atomic E-state index is -1.31. The van der Waals surface area contributed by atoms with Crippen LogP contribution >= 0.6 is 33.9 Å². The smallest absolute Gasteiger partial charge is 0.410 e. The van der Waals surface area contributed by atoms with E-state index in [9.17, 15) is 23.9 Å².